The highest BCUT2D eigenvalue weighted by atomic mass is 35.5. The molecular formula is C15H24ClN3. The fourth-order valence-electron chi connectivity index (χ4n) is 2.58. The van der Waals surface area contributed by atoms with Crippen LogP contribution in [0.5, 0.6) is 0 Å². The SMILES string of the molecule is CC(C)C(NCC1CNNC1C)c1ccc(Cl)cc1. The van der Waals surface area contributed by atoms with E-state index in [1.807, 2.05) is 12.1 Å². The van der Waals surface area contributed by atoms with Crippen molar-refractivity contribution in [2.24, 2.45) is 11.8 Å². The van der Waals surface area contributed by atoms with Crippen molar-refractivity contribution in [1.29, 1.82) is 0 Å². The largest absolute Gasteiger partial charge is 0.309 e. The number of benzene rings is 1. The van der Waals surface area contributed by atoms with Crippen LogP contribution in [0.2, 0.25) is 5.02 Å². The Hall–Kier alpha value is -0.610. The van der Waals surface area contributed by atoms with Gasteiger partial charge in [0.05, 0.1) is 0 Å². The Kier molecular flexibility index (Phi) is 5.22. The normalized spacial score (nSPS) is 24.9. The molecule has 1 fully saturated rings. The van der Waals surface area contributed by atoms with Crippen LogP contribution in [-0.4, -0.2) is 19.1 Å². The third kappa shape index (κ3) is 3.93. The summed E-state index contributed by atoms with van der Waals surface area (Å²) in [4.78, 5) is 0. The Morgan fingerprint density at radius 2 is 2.00 bits per heavy atom. The second kappa shape index (κ2) is 6.71. The quantitative estimate of drug-likeness (QED) is 0.777. The van der Waals surface area contributed by atoms with E-state index in [0.29, 0.717) is 23.9 Å². The highest BCUT2D eigenvalue weighted by Crippen LogP contribution is 2.23. The molecule has 0 aromatic heterocycles. The van der Waals surface area contributed by atoms with Crippen molar-refractivity contribution in [2.45, 2.75) is 32.9 Å². The average molecular weight is 282 g/mol. The molecule has 0 spiro atoms. The molecule has 0 bridgehead atoms. The van der Waals surface area contributed by atoms with E-state index in [-0.39, 0.29) is 0 Å². The molecule has 106 valence electrons. The van der Waals surface area contributed by atoms with Crippen LogP contribution in [0.15, 0.2) is 24.3 Å². The zero-order valence-corrected chi connectivity index (χ0v) is 12.7. The Bertz CT molecular complexity index is 391. The summed E-state index contributed by atoms with van der Waals surface area (Å²) in [7, 11) is 0. The zero-order chi connectivity index (χ0) is 13.8. The molecule has 1 aromatic rings. The fraction of sp³-hybridized carbons (Fsp3) is 0.600. The first kappa shape index (κ1) is 14.8. The number of nitrogens with one attached hydrogen (secondary N) is 3. The summed E-state index contributed by atoms with van der Waals surface area (Å²) in [5.74, 6) is 1.19. The predicted octanol–water partition coefficient (Wildman–Crippen LogP) is 2.74. The van der Waals surface area contributed by atoms with Crippen LogP contribution in [0, 0.1) is 11.8 Å². The number of hydrogen-bond acceptors (Lipinski definition) is 3. The molecule has 3 nitrogen and oxygen atoms in total. The minimum Gasteiger partial charge on any atom is -0.309 e. The standard InChI is InChI=1S/C15H24ClN3/c1-10(2)15(12-4-6-14(16)7-5-12)17-8-13-9-18-19-11(13)3/h4-7,10-11,13,15,17-19H,8-9H2,1-3H3. The molecule has 3 atom stereocenters. The van der Waals surface area contributed by atoms with E-state index in [2.05, 4.69) is 49.1 Å². The van der Waals surface area contributed by atoms with Gasteiger partial charge in [-0.25, -0.2) is 0 Å². The highest BCUT2D eigenvalue weighted by Gasteiger charge is 2.24. The summed E-state index contributed by atoms with van der Waals surface area (Å²) < 4.78 is 0. The van der Waals surface area contributed by atoms with E-state index in [1.54, 1.807) is 0 Å². The molecule has 1 aliphatic rings. The second-order valence-corrected chi connectivity index (χ2v) is 6.19. The lowest BCUT2D eigenvalue weighted by Crippen LogP contribution is -2.35. The molecule has 0 aliphatic carbocycles. The van der Waals surface area contributed by atoms with Gasteiger partial charge >= 0.3 is 0 Å². The first-order valence-electron chi connectivity index (χ1n) is 7.05. The lowest BCUT2D eigenvalue weighted by atomic mass is 9.94. The molecule has 1 saturated heterocycles. The van der Waals surface area contributed by atoms with Crippen molar-refractivity contribution < 1.29 is 0 Å². The molecular weight excluding hydrogens is 258 g/mol. The molecule has 1 aliphatic heterocycles. The third-order valence-corrected chi connectivity index (χ3v) is 4.15. The number of hydrogen-bond donors (Lipinski definition) is 3. The van der Waals surface area contributed by atoms with E-state index in [9.17, 15) is 0 Å². The predicted molar refractivity (Wildman–Crippen MR) is 81.1 cm³/mol. The zero-order valence-electron chi connectivity index (χ0n) is 11.9. The van der Waals surface area contributed by atoms with Gasteiger partial charge in [-0.15, -0.1) is 0 Å². The molecule has 0 saturated carbocycles. The fourth-order valence-corrected chi connectivity index (χ4v) is 2.71. The maximum atomic E-state index is 5.96. The van der Waals surface area contributed by atoms with E-state index < -0.39 is 0 Å². The summed E-state index contributed by atoms with van der Waals surface area (Å²) in [5.41, 5.74) is 7.79. The van der Waals surface area contributed by atoms with Gasteiger partial charge < -0.3 is 5.32 Å². The van der Waals surface area contributed by atoms with Gasteiger partial charge in [0.1, 0.15) is 0 Å². The summed E-state index contributed by atoms with van der Waals surface area (Å²) in [6.07, 6.45) is 0. The van der Waals surface area contributed by atoms with Crippen molar-refractivity contribution in [2.75, 3.05) is 13.1 Å². The first-order chi connectivity index (χ1) is 9.08. The van der Waals surface area contributed by atoms with Crippen LogP contribution in [0.25, 0.3) is 0 Å². The molecule has 1 aromatic carbocycles. The Balaban J connectivity index is 1.98. The van der Waals surface area contributed by atoms with Gasteiger partial charge in [0.15, 0.2) is 0 Å². The molecule has 2 rings (SSSR count). The van der Waals surface area contributed by atoms with Gasteiger partial charge in [-0.3, -0.25) is 10.9 Å². The number of hydrazine groups is 1. The van der Waals surface area contributed by atoms with Crippen molar-refractivity contribution in [3.8, 4) is 0 Å². The highest BCUT2D eigenvalue weighted by molar-refractivity contribution is 6.30. The first-order valence-corrected chi connectivity index (χ1v) is 7.43. The van der Waals surface area contributed by atoms with Crippen LogP contribution >= 0.6 is 11.6 Å². The summed E-state index contributed by atoms with van der Waals surface area (Å²) in [6, 6.07) is 9.07. The molecule has 3 N–H and O–H groups in total. The van der Waals surface area contributed by atoms with Gasteiger partial charge in [-0.1, -0.05) is 37.6 Å². The summed E-state index contributed by atoms with van der Waals surface area (Å²) >= 11 is 5.96. The Morgan fingerprint density at radius 3 is 2.53 bits per heavy atom. The van der Waals surface area contributed by atoms with Crippen molar-refractivity contribution in [3.63, 3.8) is 0 Å². The van der Waals surface area contributed by atoms with Gasteiger partial charge in [-0.2, -0.15) is 0 Å². The number of halogens is 1. The topological polar surface area (TPSA) is 36.1 Å². The van der Waals surface area contributed by atoms with E-state index in [0.717, 1.165) is 18.1 Å². The van der Waals surface area contributed by atoms with Crippen molar-refractivity contribution >= 4 is 11.6 Å². The number of rotatable bonds is 5. The van der Waals surface area contributed by atoms with Crippen LogP contribution in [0.4, 0.5) is 0 Å². The second-order valence-electron chi connectivity index (χ2n) is 5.76. The maximum Gasteiger partial charge on any atom is 0.0406 e. The smallest absolute Gasteiger partial charge is 0.0406 e. The van der Waals surface area contributed by atoms with Gasteiger partial charge in [-0.05, 0) is 30.5 Å². The van der Waals surface area contributed by atoms with Crippen LogP contribution < -0.4 is 16.2 Å². The molecule has 19 heavy (non-hydrogen) atoms. The minimum absolute atomic E-state index is 0.380. The van der Waals surface area contributed by atoms with E-state index in [4.69, 9.17) is 11.6 Å². The van der Waals surface area contributed by atoms with Crippen LogP contribution in [-0.2, 0) is 0 Å². The van der Waals surface area contributed by atoms with Crippen LogP contribution in [0.3, 0.4) is 0 Å². The molecule has 4 heteroatoms. The van der Waals surface area contributed by atoms with Crippen molar-refractivity contribution in [3.05, 3.63) is 34.9 Å². The average Bonchev–Trinajstić information content (AvgIpc) is 2.77. The summed E-state index contributed by atoms with van der Waals surface area (Å²) in [5, 5.41) is 4.50. The van der Waals surface area contributed by atoms with Gasteiger partial charge in [0.2, 0.25) is 0 Å². The lowest BCUT2D eigenvalue weighted by molar-refractivity contribution is 0.363. The Labute approximate surface area is 121 Å². The lowest BCUT2D eigenvalue weighted by Gasteiger charge is -2.25. The summed E-state index contributed by atoms with van der Waals surface area (Å²) in [6.45, 7) is 8.77. The van der Waals surface area contributed by atoms with Crippen LogP contribution in [0.1, 0.15) is 32.4 Å². The molecule has 0 amide bonds. The maximum absolute atomic E-state index is 5.96. The van der Waals surface area contributed by atoms with Gasteiger partial charge in [0.25, 0.3) is 0 Å². The van der Waals surface area contributed by atoms with E-state index in [1.165, 1.54) is 5.56 Å². The van der Waals surface area contributed by atoms with E-state index >= 15 is 0 Å². The minimum atomic E-state index is 0.380. The van der Waals surface area contributed by atoms with Crippen molar-refractivity contribution in [1.82, 2.24) is 16.2 Å². The third-order valence-electron chi connectivity index (χ3n) is 3.90. The molecule has 3 unspecified atom stereocenters. The Morgan fingerprint density at radius 1 is 1.32 bits per heavy atom. The monoisotopic (exact) mass is 281 g/mol. The van der Waals surface area contributed by atoms with Gasteiger partial charge in [0, 0.05) is 36.1 Å². The molecule has 1 heterocycles. The molecule has 0 radical (unpaired) electrons.